The Hall–Kier alpha value is -3.55. The Kier molecular flexibility index (Phi) is 6.88. The van der Waals surface area contributed by atoms with Crippen molar-refractivity contribution in [3.05, 3.63) is 95.8 Å². The Morgan fingerprint density at radius 3 is 2.66 bits per heavy atom. The first kappa shape index (κ1) is 23.2. The van der Waals surface area contributed by atoms with Gasteiger partial charge in [-0.05, 0) is 54.6 Å². The molecule has 1 N–H and O–H groups in total. The van der Waals surface area contributed by atoms with E-state index in [0.717, 1.165) is 41.1 Å². The molecule has 2 heterocycles. The molecule has 0 aliphatic carbocycles. The Morgan fingerprint density at radius 2 is 1.80 bits per heavy atom. The predicted octanol–water partition coefficient (Wildman–Crippen LogP) is 5.24. The maximum absolute atomic E-state index is 12.9. The van der Waals surface area contributed by atoms with Crippen molar-refractivity contribution in [2.75, 3.05) is 20.2 Å². The van der Waals surface area contributed by atoms with Crippen molar-refractivity contribution in [2.45, 2.75) is 24.4 Å². The van der Waals surface area contributed by atoms with Crippen LogP contribution in [0.3, 0.4) is 0 Å². The minimum absolute atomic E-state index is 0.282. The number of aromatic nitrogens is 3. The first-order valence-electron chi connectivity index (χ1n) is 11.6. The Balaban J connectivity index is 1.18. The summed E-state index contributed by atoms with van der Waals surface area (Å²) in [5.74, 6) is 1.06. The number of imidazole rings is 1. The Bertz CT molecular complexity index is 1460. The Morgan fingerprint density at radius 1 is 1.00 bits per heavy atom. The van der Waals surface area contributed by atoms with Gasteiger partial charge in [-0.3, -0.25) is 14.1 Å². The number of rotatable bonds is 9. The summed E-state index contributed by atoms with van der Waals surface area (Å²) < 4.78 is 19.0. The van der Waals surface area contributed by atoms with Crippen molar-refractivity contribution < 1.29 is 8.95 Å². The van der Waals surface area contributed by atoms with Crippen molar-refractivity contribution in [1.29, 1.82) is 0 Å². The lowest BCUT2D eigenvalue weighted by atomic mass is 10.1. The van der Waals surface area contributed by atoms with Crippen LogP contribution in [-0.4, -0.2) is 44.3 Å². The minimum Gasteiger partial charge on any atom is -0.492 e. The molecule has 6 nitrogen and oxygen atoms in total. The molecule has 1 unspecified atom stereocenters. The lowest BCUT2D eigenvalue weighted by Crippen LogP contribution is -2.24. The highest BCUT2D eigenvalue weighted by Crippen LogP contribution is 2.23. The number of H-pyrrole nitrogens is 1. The van der Waals surface area contributed by atoms with E-state index in [4.69, 9.17) is 4.74 Å². The monoisotopic (exact) mass is 484 g/mol. The molecule has 7 heteroatoms. The topological polar surface area (TPSA) is 71.1 Å². The number of nitrogens with one attached hydrogen (secondary N) is 1. The molecular weight excluding hydrogens is 456 g/mol. The molecule has 0 aliphatic rings. The predicted molar refractivity (Wildman–Crippen MR) is 141 cm³/mol. The van der Waals surface area contributed by atoms with Crippen LogP contribution >= 0.6 is 0 Å². The molecule has 0 fully saturated rings. The molecule has 0 bridgehead atoms. The van der Waals surface area contributed by atoms with Crippen LogP contribution in [0.25, 0.3) is 21.8 Å². The SMILES string of the molecule is Cc1c(OCCN(C)Cc2ccc3ccccc3c2)ccnc1CS(=O)c1nc2ccccc2[nH]1. The van der Waals surface area contributed by atoms with Crippen LogP contribution in [0.15, 0.2) is 84.1 Å². The number of likely N-dealkylation sites (N-methyl/N-ethyl adjacent to an activating group) is 1. The average Bonchev–Trinajstić information content (AvgIpc) is 3.31. The van der Waals surface area contributed by atoms with Gasteiger partial charge in [0.1, 0.15) is 12.4 Å². The van der Waals surface area contributed by atoms with E-state index in [2.05, 4.69) is 69.4 Å². The maximum atomic E-state index is 12.9. The molecule has 35 heavy (non-hydrogen) atoms. The number of hydrogen-bond acceptors (Lipinski definition) is 5. The first-order valence-corrected chi connectivity index (χ1v) is 13.0. The molecule has 0 amide bonds. The van der Waals surface area contributed by atoms with Crippen LogP contribution in [0.4, 0.5) is 0 Å². The second-order valence-electron chi connectivity index (χ2n) is 8.70. The zero-order chi connectivity index (χ0) is 24.2. The number of aromatic amines is 1. The standard InChI is InChI=1S/C28H28N4O2S/c1-20-26(19-35(33)28-30-24-9-5-6-10-25(24)31-28)29-14-13-27(20)34-16-15-32(2)18-21-11-12-22-7-3-4-8-23(22)17-21/h3-14,17H,15-16,18-19H2,1-2H3,(H,30,31). The summed E-state index contributed by atoms with van der Waals surface area (Å²) in [6.07, 6.45) is 1.71. The summed E-state index contributed by atoms with van der Waals surface area (Å²) in [7, 11) is 0.773. The summed E-state index contributed by atoms with van der Waals surface area (Å²) in [5.41, 5.74) is 4.64. The molecule has 1 atom stereocenters. The van der Waals surface area contributed by atoms with Crippen LogP contribution < -0.4 is 4.74 Å². The Labute approximate surface area is 207 Å². The number of pyridine rings is 1. The smallest absolute Gasteiger partial charge is 0.197 e. The quantitative estimate of drug-likeness (QED) is 0.310. The van der Waals surface area contributed by atoms with Gasteiger partial charge in [-0.2, -0.15) is 0 Å². The lowest BCUT2D eigenvalue weighted by Gasteiger charge is -2.18. The van der Waals surface area contributed by atoms with Crippen LogP contribution in [-0.2, 0) is 23.1 Å². The highest BCUT2D eigenvalue weighted by molar-refractivity contribution is 7.84. The summed E-state index contributed by atoms with van der Waals surface area (Å²) in [5, 5.41) is 2.98. The summed E-state index contributed by atoms with van der Waals surface area (Å²) in [4.78, 5) is 14.3. The van der Waals surface area contributed by atoms with Gasteiger partial charge in [0.05, 0.1) is 33.3 Å². The van der Waals surface area contributed by atoms with E-state index in [1.54, 1.807) is 6.20 Å². The number of para-hydroxylation sites is 2. The molecular formula is C28H28N4O2S. The van der Waals surface area contributed by atoms with Crippen molar-refractivity contribution in [3.63, 3.8) is 0 Å². The highest BCUT2D eigenvalue weighted by Gasteiger charge is 2.15. The van der Waals surface area contributed by atoms with E-state index < -0.39 is 10.8 Å². The molecule has 0 spiro atoms. The van der Waals surface area contributed by atoms with Gasteiger partial charge >= 0.3 is 0 Å². The number of benzene rings is 3. The zero-order valence-electron chi connectivity index (χ0n) is 19.9. The summed E-state index contributed by atoms with van der Waals surface area (Å²) >= 11 is 0. The fraction of sp³-hybridized carbons (Fsp3) is 0.214. The molecule has 5 aromatic rings. The fourth-order valence-corrected chi connectivity index (χ4v) is 5.23. The van der Waals surface area contributed by atoms with Crippen molar-refractivity contribution in [2.24, 2.45) is 0 Å². The zero-order valence-corrected chi connectivity index (χ0v) is 20.7. The van der Waals surface area contributed by atoms with E-state index in [1.165, 1.54) is 16.3 Å². The van der Waals surface area contributed by atoms with Gasteiger partial charge in [-0.15, -0.1) is 0 Å². The molecule has 5 rings (SSSR count). The van der Waals surface area contributed by atoms with E-state index >= 15 is 0 Å². The molecule has 0 saturated carbocycles. The second kappa shape index (κ2) is 10.4. The first-order chi connectivity index (χ1) is 17.1. The molecule has 0 aliphatic heterocycles. The van der Waals surface area contributed by atoms with Gasteiger partial charge in [-0.1, -0.05) is 48.5 Å². The summed E-state index contributed by atoms with van der Waals surface area (Å²) in [6.45, 7) is 4.16. The van der Waals surface area contributed by atoms with Gasteiger partial charge in [0.25, 0.3) is 0 Å². The normalized spacial score (nSPS) is 12.4. The fourth-order valence-electron chi connectivity index (χ4n) is 4.13. The number of ether oxygens (including phenoxy) is 1. The van der Waals surface area contributed by atoms with Crippen LogP contribution in [0.1, 0.15) is 16.8 Å². The largest absolute Gasteiger partial charge is 0.492 e. The average molecular weight is 485 g/mol. The minimum atomic E-state index is -1.32. The lowest BCUT2D eigenvalue weighted by molar-refractivity contribution is 0.231. The van der Waals surface area contributed by atoms with E-state index in [1.807, 2.05) is 37.3 Å². The molecule has 0 radical (unpaired) electrons. The third kappa shape index (κ3) is 5.42. The molecule has 0 saturated heterocycles. The van der Waals surface area contributed by atoms with E-state index in [9.17, 15) is 4.21 Å². The molecule has 178 valence electrons. The van der Waals surface area contributed by atoms with Gasteiger partial charge in [-0.25, -0.2) is 4.98 Å². The molecule has 2 aromatic heterocycles. The van der Waals surface area contributed by atoms with Crippen molar-refractivity contribution in [1.82, 2.24) is 19.9 Å². The van der Waals surface area contributed by atoms with Gasteiger partial charge in [0.2, 0.25) is 0 Å². The van der Waals surface area contributed by atoms with Crippen molar-refractivity contribution >= 4 is 32.6 Å². The van der Waals surface area contributed by atoms with Gasteiger partial charge < -0.3 is 9.72 Å². The third-order valence-electron chi connectivity index (χ3n) is 6.11. The second-order valence-corrected chi connectivity index (χ2v) is 10.1. The highest BCUT2D eigenvalue weighted by atomic mass is 32.2. The summed E-state index contributed by atoms with van der Waals surface area (Å²) in [6, 6.07) is 24.6. The maximum Gasteiger partial charge on any atom is 0.197 e. The van der Waals surface area contributed by atoms with E-state index in [0.29, 0.717) is 11.8 Å². The van der Waals surface area contributed by atoms with Crippen LogP contribution in [0.5, 0.6) is 5.75 Å². The van der Waals surface area contributed by atoms with Crippen LogP contribution in [0, 0.1) is 6.92 Å². The number of nitrogens with zero attached hydrogens (tertiary/aromatic N) is 3. The van der Waals surface area contributed by atoms with Gasteiger partial charge in [0.15, 0.2) is 5.16 Å². The van der Waals surface area contributed by atoms with Gasteiger partial charge in [0, 0.05) is 24.8 Å². The molecule has 3 aromatic carbocycles. The van der Waals surface area contributed by atoms with E-state index in [-0.39, 0.29) is 5.75 Å². The third-order valence-corrected chi connectivity index (χ3v) is 7.27. The van der Waals surface area contributed by atoms with Crippen LogP contribution in [0.2, 0.25) is 0 Å². The van der Waals surface area contributed by atoms with Crippen molar-refractivity contribution in [3.8, 4) is 5.75 Å². The number of fused-ring (bicyclic) bond motifs is 2. The number of hydrogen-bond donors (Lipinski definition) is 1.